The van der Waals surface area contributed by atoms with E-state index in [-0.39, 0.29) is 0 Å². The summed E-state index contributed by atoms with van der Waals surface area (Å²) in [5, 5.41) is 0. The molecule has 0 aliphatic heterocycles. The van der Waals surface area contributed by atoms with E-state index < -0.39 is 0 Å². The average Bonchev–Trinajstić information content (AvgIpc) is 3.00. The van der Waals surface area contributed by atoms with E-state index in [9.17, 15) is 0 Å². The Morgan fingerprint density at radius 2 is 1.71 bits per heavy atom. The molecular formula is C20H17N3O. The van der Waals surface area contributed by atoms with Crippen LogP contribution in [0.5, 0.6) is 5.75 Å². The van der Waals surface area contributed by atoms with Gasteiger partial charge in [-0.2, -0.15) is 0 Å². The minimum atomic E-state index is 0.731. The summed E-state index contributed by atoms with van der Waals surface area (Å²) >= 11 is 0. The molecule has 24 heavy (non-hydrogen) atoms. The van der Waals surface area contributed by atoms with Gasteiger partial charge in [-0.15, -0.1) is 0 Å². The van der Waals surface area contributed by atoms with E-state index in [1.54, 1.807) is 13.3 Å². The molecule has 0 saturated heterocycles. The molecule has 118 valence electrons. The van der Waals surface area contributed by atoms with Crippen LogP contribution in [0, 0.1) is 0 Å². The second-order valence-electron chi connectivity index (χ2n) is 5.54. The highest BCUT2D eigenvalue weighted by Crippen LogP contribution is 2.28. The van der Waals surface area contributed by atoms with E-state index in [4.69, 9.17) is 9.72 Å². The summed E-state index contributed by atoms with van der Waals surface area (Å²) in [6, 6.07) is 22.2. The van der Waals surface area contributed by atoms with E-state index >= 15 is 0 Å². The Morgan fingerprint density at radius 1 is 0.917 bits per heavy atom. The van der Waals surface area contributed by atoms with Crippen molar-refractivity contribution in [3.05, 3.63) is 84.3 Å². The third-order valence-corrected chi connectivity index (χ3v) is 4.02. The van der Waals surface area contributed by atoms with Crippen molar-refractivity contribution >= 4 is 11.2 Å². The van der Waals surface area contributed by atoms with Gasteiger partial charge in [-0.1, -0.05) is 42.5 Å². The molecule has 0 aliphatic carbocycles. The smallest absolute Gasteiger partial charge is 0.164 e. The minimum absolute atomic E-state index is 0.731. The van der Waals surface area contributed by atoms with Crippen molar-refractivity contribution in [2.45, 2.75) is 6.42 Å². The van der Waals surface area contributed by atoms with Crippen LogP contribution in [-0.2, 0) is 6.42 Å². The van der Waals surface area contributed by atoms with Crippen molar-refractivity contribution in [1.82, 2.24) is 14.5 Å². The predicted molar refractivity (Wildman–Crippen MR) is 94.7 cm³/mol. The van der Waals surface area contributed by atoms with Gasteiger partial charge >= 0.3 is 0 Å². The summed E-state index contributed by atoms with van der Waals surface area (Å²) in [7, 11) is 1.68. The summed E-state index contributed by atoms with van der Waals surface area (Å²) in [6.45, 7) is 0. The second-order valence-corrected chi connectivity index (χ2v) is 5.54. The van der Waals surface area contributed by atoms with Crippen LogP contribution >= 0.6 is 0 Å². The van der Waals surface area contributed by atoms with Crippen LogP contribution in [0.1, 0.15) is 11.4 Å². The maximum absolute atomic E-state index is 5.55. The molecule has 0 bridgehead atoms. The molecule has 0 fully saturated rings. The Balaban J connectivity index is 1.94. The molecule has 0 radical (unpaired) electrons. The van der Waals surface area contributed by atoms with Crippen molar-refractivity contribution in [2.24, 2.45) is 0 Å². The predicted octanol–water partition coefficient (Wildman–Crippen LogP) is 4.02. The molecule has 0 unspecified atom stereocenters. The van der Waals surface area contributed by atoms with Crippen LogP contribution in [0.3, 0.4) is 0 Å². The first-order chi connectivity index (χ1) is 11.9. The lowest BCUT2D eigenvalue weighted by molar-refractivity contribution is 0.413. The number of aromatic nitrogens is 3. The number of imidazole rings is 1. The third kappa shape index (κ3) is 2.52. The zero-order valence-electron chi connectivity index (χ0n) is 13.4. The van der Waals surface area contributed by atoms with Gasteiger partial charge in [0.1, 0.15) is 17.1 Å². The molecule has 2 aromatic heterocycles. The van der Waals surface area contributed by atoms with Gasteiger partial charge in [0.15, 0.2) is 5.65 Å². The molecule has 0 aliphatic rings. The van der Waals surface area contributed by atoms with Gasteiger partial charge in [-0.3, -0.25) is 4.57 Å². The van der Waals surface area contributed by atoms with Crippen LogP contribution in [0.15, 0.2) is 72.9 Å². The molecule has 0 atom stereocenters. The van der Waals surface area contributed by atoms with Gasteiger partial charge in [-0.05, 0) is 29.8 Å². The molecule has 4 heteroatoms. The Labute approximate surface area is 140 Å². The highest BCUT2D eigenvalue weighted by molar-refractivity contribution is 5.75. The maximum atomic E-state index is 5.55. The number of ether oxygens (including phenoxy) is 1. The monoisotopic (exact) mass is 315 g/mol. The van der Waals surface area contributed by atoms with Crippen molar-refractivity contribution in [3.63, 3.8) is 0 Å². The maximum Gasteiger partial charge on any atom is 0.164 e. The second kappa shape index (κ2) is 6.16. The van der Waals surface area contributed by atoms with E-state index in [1.165, 1.54) is 5.56 Å². The van der Waals surface area contributed by atoms with Crippen LogP contribution < -0.4 is 4.74 Å². The molecule has 4 aromatic rings. The highest BCUT2D eigenvalue weighted by Gasteiger charge is 2.16. The molecule has 0 N–H and O–H groups in total. The van der Waals surface area contributed by atoms with Crippen molar-refractivity contribution in [2.75, 3.05) is 7.11 Å². The van der Waals surface area contributed by atoms with E-state index in [0.717, 1.165) is 34.8 Å². The molecule has 4 rings (SSSR count). The number of hydrogen-bond donors (Lipinski definition) is 0. The SMILES string of the molecule is COc1ccccc1-n1c(Cc2ccccc2)nc2cccnc21. The zero-order chi connectivity index (χ0) is 16.4. The van der Waals surface area contributed by atoms with Crippen molar-refractivity contribution in [3.8, 4) is 11.4 Å². The molecule has 0 amide bonds. The number of methoxy groups -OCH3 is 1. The van der Waals surface area contributed by atoms with Gasteiger partial charge in [0.05, 0.1) is 12.8 Å². The van der Waals surface area contributed by atoms with Crippen LogP contribution in [0.2, 0.25) is 0 Å². The molecule has 2 heterocycles. The Morgan fingerprint density at radius 3 is 2.54 bits per heavy atom. The molecule has 0 spiro atoms. The molecule has 0 saturated carbocycles. The van der Waals surface area contributed by atoms with Crippen LogP contribution in [-0.4, -0.2) is 21.6 Å². The fourth-order valence-corrected chi connectivity index (χ4v) is 2.92. The van der Waals surface area contributed by atoms with Gasteiger partial charge in [-0.25, -0.2) is 9.97 Å². The molecule has 4 nitrogen and oxygen atoms in total. The minimum Gasteiger partial charge on any atom is -0.495 e. The van der Waals surface area contributed by atoms with Crippen LogP contribution in [0.4, 0.5) is 0 Å². The summed E-state index contributed by atoms with van der Waals surface area (Å²) in [5.74, 6) is 1.75. The standard InChI is InChI=1S/C20H17N3O/c1-24-18-12-6-5-11-17(18)23-19(14-15-8-3-2-4-9-15)22-16-10-7-13-21-20(16)23/h2-13H,14H2,1H3. The zero-order valence-corrected chi connectivity index (χ0v) is 13.4. The number of benzene rings is 2. The number of pyridine rings is 1. The normalized spacial score (nSPS) is 10.9. The lowest BCUT2D eigenvalue weighted by atomic mass is 10.1. The molecule has 2 aromatic carbocycles. The first kappa shape index (κ1) is 14.5. The van der Waals surface area contributed by atoms with Crippen molar-refractivity contribution in [1.29, 1.82) is 0 Å². The number of fused-ring (bicyclic) bond motifs is 1. The summed E-state index contributed by atoms with van der Waals surface area (Å²) in [4.78, 5) is 9.34. The fourth-order valence-electron chi connectivity index (χ4n) is 2.92. The Hall–Kier alpha value is -3.14. The summed E-state index contributed by atoms with van der Waals surface area (Å²) in [6.07, 6.45) is 2.53. The molecular weight excluding hydrogens is 298 g/mol. The van der Waals surface area contributed by atoms with Crippen molar-refractivity contribution < 1.29 is 4.74 Å². The quantitative estimate of drug-likeness (QED) is 0.571. The number of nitrogens with zero attached hydrogens (tertiary/aromatic N) is 3. The topological polar surface area (TPSA) is 39.9 Å². The Bertz CT molecular complexity index is 977. The largest absolute Gasteiger partial charge is 0.495 e. The highest BCUT2D eigenvalue weighted by atomic mass is 16.5. The number of para-hydroxylation sites is 2. The summed E-state index contributed by atoms with van der Waals surface area (Å²) in [5.41, 5.74) is 3.89. The van der Waals surface area contributed by atoms with Gasteiger partial charge in [0.2, 0.25) is 0 Å². The lowest BCUT2D eigenvalue weighted by Gasteiger charge is -2.12. The lowest BCUT2D eigenvalue weighted by Crippen LogP contribution is -2.04. The number of hydrogen-bond acceptors (Lipinski definition) is 3. The van der Waals surface area contributed by atoms with Crippen LogP contribution in [0.25, 0.3) is 16.9 Å². The van der Waals surface area contributed by atoms with E-state index in [2.05, 4.69) is 21.7 Å². The van der Waals surface area contributed by atoms with Gasteiger partial charge < -0.3 is 4.74 Å². The fraction of sp³-hybridized carbons (Fsp3) is 0.100. The first-order valence-electron chi connectivity index (χ1n) is 7.86. The number of rotatable bonds is 4. The van der Waals surface area contributed by atoms with E-state index in [1.807, 2.05) is 54.6 Å². The van der Waals surface area contributed by atoms with Gasteiger partial charge in [0.25, 0.3) is 0 Å². The van der Waals surface area contributed by atoms with Gasteiger partial charge in [0, 0.05) is 12.6 Å². The third-order valence-electron chi connectivity index (χ3n) is 4.02. The summed E-state index contributed by atoms with van der Waals surface area (Å²) < 4.78 is 7.63. The first-order valence-corrected chi connectivity index (χ1v) is 7.86. The Kier molecular flexibility index (Phi) is 3.71. The van der Waals surface area contributed by atoms with E-state index in [0.29, 0.717) is 0 Å². The average molecular weight is 315 g/mol.